The Morgan fingerprint density at radius 2 is 1.38 bits per heavy atom. The zero-order chi connectivity index (χ0) is 16.4. The van der Waals surface area contributed by atoms with Crippen LogP contribution in [0.3, 0.4) is 0 Å². The lowest BCUT2D eigenvalue weighted by molar-refractivity contribution is -0.383. The van der Waals surface area contributed by atoms with E-state index in [1.807, 2.05) is 48.5 Å². The van der Waals surface area contributed by atoms with Gasteiger partial charge in [0.2, 0.25) is 0 Å². The molecule has 4 heteroatoms. The standard InChI is InChI=1S/C20H11NO3/c22-20-14-4-2-1-3-12(14)13-8-9-15-17(21(23)24)10-6-11-5-7-16(20)19(13)18(11)15/h1-10,22H. The molecule has 0 saturated carbocycles. The average Bonchev–Trinajstić information content (AvgIpc) is 2.61. The number of benzene rings is 5. The summed E-state index contributed by atoms with van der Waals surface area (Å²) in [6, 6.07) is 18.5. The van der Waals surface area contributed by atoms with Gasteiger partial charge in [0.25, 0.3) is 5.69 Å². The summed E-state index contributed by atoms with van der Waals surface area (Å²) in [7, 11) is 0. The summed E-state index contributed by atoms with van der Waals surface area (Å²) >= 11 is 0. The first-order valence-corrected chi connectivity index (χ1v) is 7.62. The van der Waals surface area contributed by atoms with E-state index in [9.17, 15) is 15.2 Å². The fourth-order valence-corrected chi connectivity index (χ4v) is 3.78. The number of nitro benzene ring substituents is 1. The first-order valence-electron chi connectivity index (χ1n) is 7.62. The monoisotopic (exact) mass is 313 g/mol. The van der Waals surface area contributed by atoms with E-state index in [4.69, 9.17) is 0 Å². The van der Waals surface area contributed by atoms with Gasteiger partial charge in [-0.3, -0.25) is 10.1 Å². The Kier molecular flexibility index (Phi) is 2.36. The second kappa shape index (κ2) is 4.32. The number of fused-ring (bicyclic) bond motifs is 2. The Hall–Kier alpha value is -3.40. The fourth-order valence-electron chi connectivity index (χ4n) is 3.78. The maximum Gasteiger partial charge on any atom is 0.277 e. The maximum atomic E-state index is 11.4. The third kappa shape index (κ3) is 1.47. The molecule has 24 heavy (non-hydrogen) atoms. The Balaban J connectivity index is 2.18. The Labute approximate surface area is 136 Å². The lowest BCUT2D eigenvalue weighted by atomic mass is 9.90. The summed E-state index contributed by atoms with van der Waals surface area (Å²) in [5.74, 6) is 0.221. The van der Waals surface area contributed by atoms with Crippen LogP contribution >= 0.6 is 0 Å². The molecule has 0 aliphatic rings. The van der Waals surface area contributed by atoms with Crippen LogP contribution in [0, 0.1) is 10.1 Å². The van der Waals surface area contributed by atoms with Crippen LogP contribution in [0.2, 0.25) is 0 Å². The summed E-state index contributed by atoms with van der Waals surface area (Å²) in [5.41, 5.74) is 0.0875. The minimum atomic E-state index is -0.357. The number of phenols is 1. The summed E-state index contributed by atoms with van der Waals surface area (Å²) in [5, 5.41) is 28.8. The van der Waals surface area contributed by atoms with Crippen molar-refractivity contribution >= 4 is 48.8 Å². The van der Waals surface area contributed by atoms with E-state index >= 15 is 0 Å². The number of nitro groups is 1. The molecule has 4 nitrogen and oxygen atoms in total. The molecule has 0 bridgehead atoms. The van der Waals surface area contributed by atoms with Crippen molar-refractivity contribution < 1.29 is 10.0 Å². The van der Waals surface area contributed by atoms with Gasteiger partial charge in [0, 0.05) is 27.6 Å². The van der Waals surface area contributed by atoms with Crippen LogP contribution in [0.4, 0.5) is 5.69 Å². The molecule has 0 aromatic heterocycles. The van der Waals surface area contributed by atoms with Crippen LogP contribution in [0.1, 0.15) is 0 Å². The van der Waals surface area contributed by atoms with Crippen molar-refractivity contribution in [1.29, 1.82) is 0 Å². The molecule has 5 aromatic carbocycles. The topological polar surface area (TPSA) is 63.4 Å². The van der Waals surface area contributed by atoms with E-state index in [-0.39, 0.29) is 16.4 Å². The molecular weight excluding hydrogens is 302 g/mol. The van der Waals surface area contributed by atoms with E-state index in [1.54, 1.807) is 12.1 Å². The van der Waals surface area contributed by atoms with Crippen molar-refractivity contribution in [2.24, 2.45) is 0 Å². The second-order valence-electron chi connectivity index (χ2n) is 5.98. The molecule has 1 N–H and O–H groups in total. The molecule has 0 atom stereocenters. The van der Waals surface area contributed by atoms with Crippen LogP contribution in [0.15, 0.2) is 60.7 Å². The normalized spacial score (nSPS) is 11.8. The summed E-state index contributed by atoms with van der Waals surface area (Å²) in [4.78, 5) is 11.0. The predicted molar refractivity (Wildman–Crippen MR) is 96.0 cm³/mol. The highest BCUT2D eigenvalue weighted by Crippen LogP contribution is 2.45. The third-order valence-electron chi connectivity index (χ3n) is 4.81. The number of aromatic hydroxyl groups is 1. The molecule has 0 aliphatic carbocycles. The van der Waals surface area contributed by atoms with Gasteiger partial charge in [-0.15, -0.1) is 0 Å². The quantitative estimate of drug-likeness (QED) is 0.196. The van der Waals surface area contributed by atoms with Crippen molar-refractivity contribution in [1.82, 2.24) is 0 Å². The number of hydrogen-bond donors (Lipinski definition) is 1. The highest BCUT2D eigenvalue weighted by molar-refractivity contribution is 6.31. The van der Waals surface area contributed by atoms with E-state index < -0.39 is 0 Å². The van der Waals surface area contributed by atoms with Gasteiger partial charge in [-0.05, 0) is 34.4 Å². The molecule has 0 amide bonds. The van der Waals surface area contributed by atoms with Gasteiger partial charge in [0.05, 0.1) is 10.3 Å². The number of non-ortho nitro benzene ring substituents is 1. The molecule has 5 aromatic rings. The minimum absolute atomic E-state index is 0.0875. The summed E-state index contributed by atoms with van der Waals surface area (Å²) in [6.07, 6.45) is 0. The molecule has 0 fully saturated rings. The van der Waals surface area contributed by atoms with Gasteiger partial charge in [0.1, 0.15) is 5.75 Å². The first kappa shape index (κ1) is 13.1. The Morgan fingerprint density at radius 3 is 2.17 bits per heavy atom. The van der Waals surface area contributed by atoms with E-state index in [2.05, 4.69) is 0 Å². The molecule has 0 unspecified atom stereocenters. The largest absolute Gasteiger partial charge is 0.507 e. The molecular formula is C20H11NO3. The van der Waals surface area contributed by atoms with Gasteiger partial charge < -0.3 is 5.11 Å². The van der Waals surface area contributed by atoms with Crippen molar-refractivity contribution in [2.45, 2.75) is 0 Å². The van der Waals surface area contributed by atoms with Crippen LogP contribution in [0.5, 0.6) is 5.75 Å². The molecule has 0 radical (unpaired) electrons. The summed E-state index contributed by atoms with van der Waals surface area (Å²) in [6.45, 7) is 0. The van der Waals surface area contributed by atoms with Crippen molar-refractivity contribution in [3.8, 4) is 5.75 Å². The van der Waals surface area contributed by atoms with Gasteiger partial charge in [0.15, 0.2) is 0 Å². The highest BCUT2D eigenvalue weighted by Gasteiger charge is 2.19. The van der Waals surface area contributed by atoms with Crippen molar-refractivity contribution in [3.05, 3.63) is 70.8 Å². The number of hydrogen-bond acceptors (Lipinski definition) is 3. The van der Waals surface area contributed by atoms with Gasteiger partial charge in [-0.25, -0.2) is 0 Å². The lowest BCUT2D eigenvalue weighted by Gasteiger charge is -2.14. The second-order valence-corrected chi connectivity index (χ2v) is 5.98. The zero-order valence-corrected chi connectivity index (χ0v) is 12.5. The molecule has 114 valence electrons. The highest BCUT2D eigenvalue weighted by atomic mass is 16.6. The molecule has 0 aliphatic heterocycles. The Bertz CT molecular complexity index is 1290. The third-order valence-corrected chi connectivity index (χ3v) is 4.81. The molecule has 0 spiro atoms. The molecule has 0 saturated heterocycles. The minimum Gasteiger partial charge on any atom is -0.507 e. The van der Waals surface area contributed by atoms with Gasteiger partial charge in [-0.2, -0.15) is 0 Å². The fraction of sp³-hybridized carbons (Fsp3) is 0. The number of rotatable bonds is 1. The molecule has 0 heterocycles. The van der Waals surface area contributed by atoms with E-state index in [0.717, 1.165) is 37.7 Å². The zero-order valence-electron chi connectivity index (χ0n) is 12.5. The van der Waals surface area contributed by atoms with E-state index in [1.165, 1.54) is 0 Å². The van der Waals surface area contributed by atoms with Crippen LogP contribution < -0.4 is 0 Å². The molecule has 5 rings (SSSR count). The van der Waals surface area contributed by atoms with Gasteiger partial charge >= 0.3 is 0 Å². The van der Waals surface area contributed by atoms with Crippen molar-refractivity contribution in [2.75, 3.05) is 0 Å². The maximum absolute atomic E-state index is 11.4. The van der Waals surface area contributed by atoms with Gasteiger partial charge in [-0.1, -0.05) is 36.4 Å². The number of nitrogens with zero attached hydrogens (tertiary/aromatic N) is 1. The summed E-state index contributed by atoms with van der Waals surface area (Å²) < 4.78 is 0. The Morgan fingerprint density at radius 1 is 0.708 bits per heavy atom. The predicted octanol–water partition coefficient (Wildman–Crippen LogP) is 5.35. The van der Waals surface area contributed by atoms with E-state index in [0.29, 0.717) is 5.39 Å². The lowest BCUT2D eigenvalue weighted by Crippen LogP contribution is -1.92. The van der Waals surface area contributed by atoms with Crippen LogP contribution in [-0.4, -0.2) is 10.0 Å². The first-order chi connectivity index (χ1) is 11.7. The smallest absolute Gasteiger partial charge is 0.277 e. The SMILES string of the molecule is O=[N+]([O-])c1ccc2ccc3c(O)c4ccccc4c4ccc1c2c34. The van der Waals surface area contributed by atoms with Crippen LogP contribution in [0.25, 0.3) is 43.1 Å². The average molecular weight is 313 g/mol. The number of phenolic OH excluding ortho intramolecular Hbond substituents is 1. The van der Waals surface area contributed by atoms with Crippen LogP contribution in [-0.2, 0) is 0 Å². The van der Waals surface area contributed by atoms with Crippen molar-refractivity contribution in [3.63, 3.8) is 0 Å².